The number of hydrogen-bond donors (Lipinski definition) is 1. The fourth-order valence-corrected chi connectivity index (χ4v) is 2.34. The Balaban J connectivity index is 1.72. The first-order valence-electron chi connectivity index (χ1n) is 7.13. The quantitative estimate of drug-likeness (QED) is 0.801. The summed E-state index contributed by atoms with van der Waals surface area (Å²) in [6, 6.07) is 17.4. The fraction of sp³-hybridized carbons (Fsp3) is 0.111. The number of imidazole rings is 1. The van der Waals surface area contributed by atoms with Gasteiger partial charge in [-0.3, -0.25) is 4.79 Å². The van der Waals surface area contributed by atoms with E-state index in [4.69, 9.17) is 0 Å². The lowest BCUT2D eigenvalue weighted by atomic mass is 10.1. The molecular weight excluding hydrogens is 274 g/mol. The maximum Gasteiger partial charge on any atom is 0.253 e. The summed E-state index contributed by atoms with van der Waals surface area (Å²) in [6.07, 6.45) is 3.49. The highest BCUT2D eigenvalue weighted by molar-refractivity contribution is 5.94. The molecule has 0 radical (unpaired) electrons. The van der Waals surface area contributed by atoms with Crippen molar-refractivity contribution in [1.82, 2.24) is 14.9 Å². The molecule has 0 saturated heterocycles. The van der Waals surface area contributed by atoms with Crippen molar-refractivity contribution < 1.29 is 4.79 Å². The van der Waals surface area contributed by atoms with Crippen molar-refractivity contribution >= 4 is 5.91 Å². The van der Waals surface area contributed by atoms with Gasteiger partial charge in [-0.1, -0.05) is 42.5 Å². The number of carbonyl (C=O) groups excluding carboxylic acids is 1. The minimum Gasteiger partial charge on any atom is -0.345 e. The average molecular weight is 291 g/mol. The molecule has 110 valence electrons. The Kier molecular flexibility index (Phi) is 4.01. The van der Waals surface area contributed by atoms with Crippen LogP contribution in [0.3, 0.4) is 0 Å². The summed E-state index contributed by atoms with van der Waals surface area (Å²) in [5.74, 6) is 0.812. The molecule has 1 amide bonds. The van der Waals surface area contributed by atoms with Crippen molar-refractivity contribution in [3.05, 3.63) is 78.1 Å². The summed E-state index contributed by atoms with van der Waals surface area (Å²) in [5, 5.41) is 0. The van der Waals surface area contributed by atoms with Crippen LogP contribution in [0.4, 0.5) is 0 Å². The minimum absolute atomic E-state index is 0.00912. The van der Waals surface area contributed by atoms with Crippen LogP contribution in [0.25, 0.3) is 11.4 Å². The van der Waals surface area contributed by atoms with Crippen molar-refractivity contribution in [2.75, 3.05) is 7.05 Å². The maximum absolute atomic E-state index is 12.4. The van der Waals surface area contributed by atoms with Crippen LogP contribution in [0.2, 0.25) is 0 Å². The van der Waals surface area contributed by atoms with Crippen molar-refractivity contribution in [1.29, 1.82) is 0 Å². The largest absolute Gasteiger partial charge is 0.345 e. The first-order valence-corrected chi connectivity index (χ1v) is 7.13. The number of rotatable bonds is 4. The van der Waals surface area contributed by atoms with Gasteiger partial charge >= 0.3 is 0 Å². The Bertz CT molecular complexity index is 734. The average Bonchev–Trinajstić information content (AvgIpc) is 3.10. The molecule has 4 nitrogen and oxygen atoms in total. The molecule has 0 aliphatic heterocycles. The van der Waals surface area contributed by atoms with Gasteiger partial charge in [0.2, 0.25) is 0 Å². The number of benzene rings is 2. The fourth-order valence-electron chi connectivity index (χ4n) is 2.34. The second-order valence-electron chi connectivity index (χ2n) is 5.16. The van der Waals surface area contributed by atoms with Gasteiger partial charge in [-0.25, -0.2) is 4.98 Å². The van der Waals surface area contributed by atoms with Crippen LogP contribution >= 0.6 is 0 Å². The Hall–Kier alpha value is -2.88. The van der Waals surface area contributed by atoms with Gasteiger partial charge in [-0.05, 0) is 17.7 Å². The highest BCUT2D eigenvalue weighted by Gasteiger charge is 2.12. The molecule has 3 aromatic rings. The smallest absolute Gasteiger partial charge is 0.253 e. The molecule has 22 heavy (non-hydrogen) atoms. The number of nitrogens with one attached hydrogen (secondary N) is 1. The molecule has 0 atom stereocenters. The topological polar surface area (TPSA) is 49.0 Å². The lowest BCUT2D eigenvalue weighted by Gasteiger charge is -2.17. The summed E-state index contributed by atoms with van der Waals surface area (Å²) in [6.45, 7) is 0.597. The van der Waals surface area contributed by atoms with E-state index in [0.717, 1.165) is 17.0 Å². The van der Waals surface area contributed by atoms with Crippen molar-refractivity contribution in [3.8, 4) is 11.4 Å². The molecule has 0 saturated carbocycles. The zero-order valence-corrected chi connectivity index (χ0v) is 12.4. The second-order valence-corrected chi connectivity index (χ2v) is 5.16. The number of nitrogens with zero attached hydrogens (tertiary/aromatic N) is 2. The van der Waals surface area contributed by atoms with Gasteiger partial charge in [0.15, 0.2) is 0 Å². The van der Waals surface area contributed by atoms with E-state index in [2.05, 4.69) is 9.97 Å². The Morgan fingerprint density at radius 2 is 1.82 bits per heavy atom. The first kappa shape index (κ1) is 14.1. The van der Waals surface area contributed by atoms with E-state index in [1.807, 2.05) is 61.6 Å². The van der Waals surface area contributed by atoms with E-state index < -0.39 is 0 Å². The van der Waals surface area contributed by atoms with Crippen LogP contribution in [0.5, 0.6) is 0 Å². The zero-order chi connectivity index (χ0) is 15.4. The van der Waals surface area contributed by atoms with Gasteiger partial charge in [0.1, 0.15) is 5.82 Å². The SMILES string of the molecule is CN(Cc1ccccc1)C(=O)c1ccc(-c2ncc[nH]2)cc1. The van der Waals surface area contributed by atoms with Gasteiger partial charge in [0, 0.05) is 37.1 Å². The molecule has 3 rings (SSSR count). The molecule has 4 heteroatoms. The predicted octanol–water partition coefficient (Wildman–Crippen LogP) is 3.35. The predicted molar refractivity (Wildman–Crippen MR) is 86.3 cm³/mol. The number of amides is 1. The third-order valence-electron chi connectivity index (χ3n) is 3.51. The number of H-pyrrole nitrogens is 1. The summed E-state index contributed by atoms with van der Waals surface area (Å²) >= 11 is 0. The molecule has 0 bridgehead atoms. The van der Waals surface area contributed by atoms with Gasteiger partial charge in [-0.15, -0.1) is 0 Å². The molecule has 1 heterocycles. The van der Waals surface area contributed by atoms with Crippen LogP contribution in [0.1, 0.15) is 15.9 Å². The van der Waals surface area contributed by atoms with Gasteiger partial charge in [0.25, 0.3) is 5.91 Å². The number of aromatic amines is 1. The third-order valence-corrected chi connectivity index (χ3v) is 3.51. The normalized spacial score (nSPS) is 10.4. The van der Waals surface area contributed by atoms with Crippen LogP contribution in [-0.2, 0) is 6.54 Å². The van der Waals surface area contributed by atoms with Crippen LogP contribution < -0.4 is 0 Å². The Morgan fingerprint density at radius 3 is 2.45 bits per heavy atom. The molecule has 1 aromatic heterocycles. The number of hydrogen-bond acceptors (Lipinski definition) is 2. The van der Waals surface area contributed by atoms with Gasteiger partial charge in [-0.2, -0.15) is 0 Å². The van der Waals surface area contributed by atoms with E-state index >= 15 is 0 Å². The standard InChI is InChI=1S/C18H17N3O/c1-21(13-14-5-3-2-4-6-14)18(22)16-9-7-15(8-10-16)17-19-11-12-20-17/h2-12H,13H2,1H3,(H,19,20). The Labute approximate surface area is 129 Å². The zero-order valence-electron chi connectivity index (χ0n) is 12.4. The second kappa shape index (κ2) is 6.26. The van der Waals surface area contributed by atoms with Crippen molar-refractivity contribution in [3.63, 3.8) is 0 Å². The highest BCUT2D eigenvalue weighted by atomic mass is 16.2. The molecule has 0 unspecified atom stereocenters. The monoisotopic (exact) mass is 291 g/mol. The Morgan fingerprint density at radius 1 is 1.09 bits per heavy atom. The summed E-state index contributed by atoms with van der Waals surface area (Å²) < 4.78 is 0. The minimum atomic E-state index is 0.00912. The lowest BCUT2D eigenvalue weighted by Crippen LogP contribution is -2.26. The van der Waals surface area contributed by atoms with Crippen LogP contribution in [0.15, 0.2) is 67.0 Å². The van der Waals surface area contributed by atoms with E-state index in [1.54, 1.807) is 17.3 Å². The van der Waals surface area contributed by atoms with Crippen LogP contribution in [-0.4, -0.2) is 27.8 Å². The third kappa shape index (κ3) is 3.06. The number of carbonyl (C=O) groups is 1. The van der Waals surface area contributed by atoms with Gasteiger partial charge in [0.05, 0.1) is 0 Å². The van der Waals surface area contributed by atoms with Gasteiger partial charge < -0.3 is 9.88 Å². The summed E-state index contributed by atoms with van der Waals surface area (Å²) in [7, 11) is 1.82. The maximum atomic E-state index is 12.4. The number of aromatic nitrogens is 2. The van der Waals surface area contributed by atoms with E-state index in [0.29, 0.717) is 12.1 Å². The molecule has 0 spiro atoms. The van der Waals surface area contributed by atoms with E-state index in [9.17, 15) is 4.79 Å². The molecule has 0 aliphatic carbocycles. The van der Waals surface area contributed by atoms with E-state index in [-0.39, 0.29) is 5.91 Å². The van der Waals surface area contributed by atoms with Crippen molar-refractivity contribution in [2.24, 2.45) is 0 Å². The summed E-state index contributed by atoms with van der Waals surface area (Å²) in [4.78, 5) is 21.4. The molecule has 2 aromatic carbocycles. The summed E-state index contributed by atoms with van der Waals surface area (Å²) in [5.41, 5.74) is 2.76. The van der Waals surface area contributed by atoms with Crippen LogP contribution in [0, 0.1) is 0 Å². The lowest BCUT2D eigenvalue weighted by molar-refractivity contribution is 0.0785. The van der Waals surface area contributed by atoms with E-state index in [1.165, 1.54) is 0 Å². The van der Waals surface area contributed by atoms with Crippen molar-refractivity contribution in [2.45, 2.75) is 6.54 Å². The molecule has 0 aliphatic rings. The first-order chi connectivity index (χ1) is 10.7. The molecular formula is C18H17N3O. The molecule has 1 N–H and O–H groups in total. The molecule has 0 fully saturated rings. The highest BCUT2D eigenvalue weighted by Crippen LogP contribution is 2.16.